The van der Waals surface area contributed by atoms with Crippen molar-refractivity contribution in [1.82, 2.24) is 0 Å². The Bertz CT molecular complexity index is 267. The minimum atomic E-state index is -0.663. The zero-order valence-corrected chi connectivity index (χ0v) is 7.89. The van der Waals surface area contributed by atoms with Crippen molar-refractivity contribution < 1.29 is 9.53 Å². The molecule has 0 aromatic rings. The molecule has 13 heavy (non-hydrogen) atoms. The quantitative estimate of drug-likeness (QED) is 0.288. The molecule has 1 amide bonds. The highest BCUT2D eigenvalue weighted by Crippen LogP contribution is 2.09. The van der Waals surface area contributed by atoms with Crippen molar-refractivity contribution in [2.45, 2.75) is 13.3 Å². The van der Waals surface area contributed by atoms with Crippen LogP contribution in [0.4, 0.5) is 0 Å². The molecule has 0 aliphatic rings. The lowest BCUT2D eigenvalue weighted by Crippen LogP contribution is -2.22. The number of methoxy groups -OCH3 is 1. The highest BCUT2D eigenvalue weighted by atomic mass is 16.5. The lowest BCUT2D eigenvalue weighted by Gasteiger charge is -2.07. The van der Waals surface area contributed by atoms with E-state index in [0.29, 0.717) is 6.42 Å². The molecule has 0 unspecified atom stereocenters. The van der Waals surface area contributed by atoms with Crippen molar-refractivity contribution in [3.05, 3.63) is 24.0 Å². The number of allylic oxidation sites excluding steroid dienone is 1. The van der Waals surface area contributed by atoms with Crippen LogP contribution in [0.5, 0.6) is 0 Å². The predicted molar refractivity (Wildman–Crippen MR) is 51.4 cm³/mol. The van der Waals surface area contributed by atoms with Crippen molar-refractivity contribution in [2.24, 2.45) is 5.73 Å². The summed E-state index contributed by atoms with van der Waals surface area (Å²) in [6.07, 6.45) is 1.79. The van der Waals surface area contributed by atoms with Gasteiger partial charge in [0.05, 0.1) is 7.11 Å². The van der Waals surface area contributed by atoms with Crippen LogP contribution in [0, 0.1) is 5.41 Å². The van der Waals surface area contributed by atoms with Crippen molar-refractivity contribution in [3.63, 3.8) is 0 Å². The molecule has 0 atom stereocenters. The molecule has 0 spiro atoms. The van der Waals surface area contributed by atoms with Crippen molar-refractivity contribution in [3.8, 4) is 0 Å². The van der Waals surface area contributed by atoms with Gasteiger partial charge >= 0.3 is 0 Å². The summed E-state index contributed by atoms with van der Waals surface area (Å²) >= 11 is 0. The first-order valence-electron chi connectivity index (χ1n) is 3.86. The smallest absolute Gasteiger partial charge is 0.254 e. The summed E-state index contributed by atoms with van der Waals surface area (Å²) in [4.78, 5) is 11.0. The summed E-state index contributed by atoms with van der Waals surface area (Å²) in [6, 6.07) is 0. The Kier molecular flexibility index (Phi) is 4.51. The number of nitrogens with one attached hydrogen (secondary N) is 1. The van der Waals surface area contributed by atoms with Gasteiger partial charge < -0.3 is 15.9 Å². The van der Waals surface area contributed by atoms with Gasteiger partial charge in [0.25, 0.3) is 5.91 Å². The van der Waals surface area contributed by atoms with E-state index in [4.69, 9.17) is 15.9 Å². The Labute approximate surface area is 77.6 Å². The minimum Gasteiger partial charge on any atom is -0.496 e. The van der Waals surface area contributed by atoms with Gasteiger partial charge in [0.15, 0.2) is 0 Å². The van der Waals surface area contributed by atoms with Gasteiger partial charge in [-0.15, -0.1) is 0 Å². The normalized spacial score (nSPS) is 11.5. The minimum absolute atomic E-state index is 0.0972. The fraction of sp³-hybridized carbons (Fsp3) is 0.333. The zero-order chi connectivity index (χ0) is 10.4. The molecule has 0 aromatic heterocycles. The number of rotatable bonds is 5. The van der Waals surface area contributed by atoms with Gasteiger partial charge in [-0.1, -0.05) is 13.5 Å². The average molecular weight is 182 g/mol. The first-order valence-corrected chi connectivity index (χ1v) is 3.86. The first kappa shape index (κ1) is 11.4. The summed E-state index contributed by atoms with van der Waals surface area (Å²) in [5.41, 5.74) is 5.35. The summed E-state index contributed by atoms with van der Waals surface area (Å²) in [7, 11) is 1.41. The molecule has 0 heterocycles. The molecule has 72 valence electrons. The molecular formula is C9H14N2O2. The van der Waals surface area contributed by atoms with E-state index in [0.717, 1.165) is 0 Å². The molecule has 4 nitrogen and oxygen atoms in total. The number of carbonyl (C=O) groups is 1. The molecule has 0 aliphatic heterocycles. The van der Waals surface area contributed by atoms with Gasteiger partial charge in [-0.05, 0) is 12.5 Å². The maximum Gasteiger partial charge on any atom is 0.254 e. The van der Waals surface area contributed by atoms with E-state index < -0.39 is 5.91 Å². The Morgan fingerprint density at radius 2 is 2.23 bits per heavy atom. The second-order valence-electron chi connectivity index (χ2n) is 2.34. The number of ether oxygens (including phenoxy) is 1. The van der Waals surface area contributed by atoms with Crippen LogP contribution in [0.2, 0.25) is 0 Å². The summed E-state index contributed by atoms with van der Waals surface area (Å²) in [5.74, 6) is -0.414. The van der Waals surface area contributed by atoms with E-state index in [-0.39, 0.29) is 17.0 Å². The van der Waals surface area contributed by atoms with E-state index in [9.17, 15) is 4.79 Å². The molecular weight excluding hydrogens is 168 g/mol. The summed E-state index contributed by atoms with van der Waals surface area (Å²) < 4.78 is 4.87. The molecule has 0 aromatic carbocycles. The lowest BCUT2D eigenvalue weighted by atomic mass is 10.1. The number of nitrogens with two attached hydrogens (primary N) is 1. The highest BCUT2D eigenvalue weighted by Gasteiger charge is 2.15. The molecule has 0 rings (SSSR count). The van der Waals surface area contributed by atoms with E-state index in [1.54, 1.807) is 6.92 Å². The Morgan fingerprint density at radius 3 is 2.46 bits per heavy atom. The van der Waals surface area contributed by atoms with Gasteiger partial charge in [0.1, 0.15) is 11.3 Å². The molecule has 0 saturated carbocycles. The van der Waals surface area contributed by atoms with Crippen LogP contribution in [0.25, 0.3) is 0 Å². The fourth-order valence-electron chi connectivity index (χ4n) is 0.883. The maximum atomic E-state index is 11.0. The number of hydrogen-bond donors (Lipinski definition) is 2. The lowest BCUT2D eigenvalue weighted by molar-refractivity contribution is -0.114. The molecule has 4 heteroatoms. The van der Waals surface area contributed by atoms with Crippen LogP contribution in [-0.2, 0) is 9.53 Å². The van der Waals surface area contributed by atoms with E-state index in [2.05, 4.69) is 6.58 Å². The number of hydrogen-bond acceptors (Lipinski definition) is 3. The molecule has 0 radical (unpaired) electrons. The zero-order valence-electron chi connectivity index (χ0n) is 7.89. The third-order valence-corrected chi connectivity index (χ3v) is 1.55. The van der Waals surface area contributed by atoms with Crippen molar-refractivity contribution in [2.75, 3.05) is 7.11 Å². The summed E-state index contributed by atoms with van der Waals surface area (Å²) in [5, 5.41) is 7.48. The Hall–Kier alpha value is -1.58. The molecule has 0 fully saturated rings. The first-order chi connectivity index (χ1) is 6.08. The summed E-state index contributed by atoms with van der Waals surface area (Å²) in [6.45, 7) is 5.23. The van der Waals surface area contributed by atoms with Crippen molar-refractivity contribution in [1.29, 1.82) is 5.41 Å². The second kappa shape index (κ2) is 5.13. The molecule has 0 aliphatic carbocycles. The SMILES string of the molecule is C=C/C(OC)=C(\C(=N)CC)C(N)=O. The van der Waals surface area contributed by atoms with E-state index in [1.807, 2.05) is 0 Å². The third-order valence-electron chi connectivity index (χ3n) is 1.55. The van der Waals surface area contributed by atoms with Crippen LogP contribution < -0.4 is 5.73 Å². The molecule has 0 saturated heterocycles. The Morgan fingerprint density at radius 1 is 1.69 bits per heavy atom. The maximum absolute atomic E-state index is 11.0. The van der Waals surface area contributed by atoms with Crippen molar-refractivity contribution >= 4 is 11.6 Å². The van der Waals surface area contributed by atoms with Crippen LogP contribution in [0.1, 0.15) is 13.3 Å². The van der Waals surface area contributed by atoms with Gasteiger partial charge in [0.2, 0.25) is 0 Å². The predicted octanol–water partition coefficient (Wildman–Crippen LogP) is 0.988. The highest BCUT2D eigenvalue weighted by molar-refractivity contribution is 6.20. The van der Waals surface area contributed by atoms with Gasteiger partial charge in [-0.25, -0.2) is 0 Å². The number of amides is 1. The fourth-order valence-corrected chi connectivity index (χ4v) is 0.883. The van der Waals surface area contributed by atoms with Crippen LogP contribution >= 0.6 is 0 Å². The van der Waals surface area contributed by atoms with E-state index >= 15 is 0 Å². The number of carbonyl (C=O) groups excluding carboxylic acids is 1. The van der Waals surface area contributed by atoms with E-state index in [1.165, 1.54) is 13.2 Å². The second-order valence-corrected chi connectivity index (χ2v) is 2.34. The van der Waals surface area contributed by atoms with Gasteiger partial charge in [-0.2, -0.15) is 0 Å². The average Bonchev–Trinajstić information content (AvgIpc) is 2.12. The van der Waals surface area contributed by atoms with Crippen LogP contribution in [0.15, 0.2) is 24.0 Å². The van der Waals surface area contributed by atoms with Gasteiger partial charge in [-0.3, -0.25) is 4.79 Å². The van der Waals surface area contributed by atoms with Gasteiger partial charge in [0, 0.05) is 5.71 Å². The third kappa shape index (κ3) is 2.74. The molecule has 3 N–H and O–H groups in total. The van der Waals surface area contributed by atoms with Crippen LogP contribution in [-0.4, -0.2) is 18.7 Å². The molecule has 0 bridgehead atoms. The monoisotopic (exact) mass is 182 g/mol. The standard InChI is InChI=1S/C9H14N2O2/c1-4-6(10)8(9(11)12)7(5-2)13-3/h5,10H,2,4H2,1,3H3,(H2,11,12)/b8-7-,10-6?. The van der Waals surface area contributed by atoms with Crippen LogP contribution in [0.3, 0.4) is 0 Å². The number of primary amides is 1. The topological polar surface area (TPSA) is 76.2 Å². The largest absolute Gasteiger partial charge is 0.496 e. The Balaban J connectivity index is 5.20.